The van der Waals surface area contributed by atoms with E-state index in [4.69, 9.17) is 5.11 Å². The molecule has 0 aliphatic carbocycles. The van der Waals surface area contributed by atoms with Gasteiger partial charge in [-0.3, -0.25) is 9.78 Å². The number of carboxylic acid groups (broad SMARTS) is 1. The van der Waals surface area contributed by atoms with E-state index < -0.39 is 5.97 Å². The van der Waals surface area contributed by atoms with E-state index in [-0.39, 0.29) is 6.42 Å². The normalized spacial score (nSPS) is 9.20. The van der Waals surface area contributed by atoms with Crippen molar-refractivity contribution in [3.05, 3.63) is 30.1 Å². The number of pyridine rings is 1. The highest BCUT2D eigenvalue weighted by atomic mass is 16.4. The Kier molecular flexibility index (Phi) is 1.99. The minimum atomic E-state index is -0.840. The summed E-state index contributed by atoms with van der Waals surface area (Å²) in [6.45, 7) is 0. The number of hydrogen-bond donors (Lipinski definition) is 1. The SMILES string of the molecule is O=C(O)Cc1cc[c]nc1. The largest absolute Gasteiger partial charge is 0.481 e. The van der Waals surface area contributed by atoms with Crippen LogP contribution in [0.1, 0.15) is 5.56 Å². The summed E-state index contributed by atoms with van der Waals surface area (Å²) in [4.78, 5) is 13.8. The fraction of sp³-hybridized carbons (Fsp3) is 0.143. The summed E-state index contributed by atoms with van der Waals surface area (Å²) in [6.07, 6.45) is 4.09. The number of carbonyl (C=O) groups is 1. The van der Waals surface area contributed by atoms with Gasteiger partial charge in [0.05, 0.1) is 12.6 Å². The molecular formula is C7H6NO2. The van der Waals surface area contributed by atoms with Crippen molar-refractivity contribution in [1.29, 1.82) is 0 Å². The maximum absolute atomic E-state index is 10.1. The first kappa shape index (κ1) is 6.74. The van der Waals surface area contributed by atoms with Crippen molar-refractivity contribution in [2.24, 2.45) is 0 Å². The zero-order valence-corrected chi connectivity index (χ0v) is 5.24. The van der Waals surface area contributed by atoms with Crippen molar-refractivity contribution in [2.45, 2.75) is 6.42 Å². The Hall–Kier alpha value is -1.38. The van der Waals surface area contributed by atoms with E-state index in [0.717, 1.165) is 0 Å². The molecule has 1 aromatic heterocycles. The minimum Gasteiger partial charge on any atom is -0.481 e. The summed E-state index contributed by atoms with van der Waals surface area (Å²) in [7, 11) is 0. The van der Waals surface area contributed by atoms with Crippen LogP contribution in [0.4, 0.5) is 0 Å². The molecule has 1 rings (SSSR count). The smallest absolute Gasteiger partial charge is 0.307 e. The van der Waals surface area contributed by atoms with Gasteiger partial charge in [-0.15, -0.1) is 0 Å². The Morgan fingerprint density at radius 1 is 1.80 bits per heavy atom. The van der Waals surface area contributed by atoms with Gasteiger partial charge in [-0.1, -0.05) is 6.07 Å². The van der Waals surface area contributed by atoms with Crippen LogP contribution in [0, 0.1) is 6.20 Å². The molecule has 0 saturated heterocycles. The van der Waals surface area contributed by atoms with Gasteiger partial charge in [0.15, 0.2) is 0 Å². The molecule has 0 fully saturated rings. The first-order valence-corrected chi connectivity index (χ1v) is 2.82. The zero-order valence-electron chi connectivity index (χ0n) is 5.24. The Morgan fingerprint density at radius 3 is 3.10 bits per heavy atom. The topological polar surface area (TPSA) is 50.2 Å². The Labute approximate surface area is 58.3 Å². The van der Waals surface area contributed by atoms with Crippen LogP contribution in [-0.2, 0) is 11.2 Å². The summed E-state index contributed by atoms with van der Waals surface area (Å²) in [5, 5.41) is 8.33. The number of hydrogen-bond acceptors (Lipinski definition) is 2. The van der Waals surface area contributed by atoms with Crippen molar-refractivity contribution < 1.29 is 9.90 Å². The van der Waals surface area contributed by atoms with Crippen molar-refractivity contribution in [3.63, 3.8) is 0 Å². The molecule has 1 aromatic rings. The van der Waals surface area contributed by atoms with Crippen LogP contribution in [0.15, 0.2) is 18.3 Å². The molecule has 3 nitrogen and oxygen atoms in total. The first-order valence-electron chi connectivity index (χ1n) is 2.82. The highest BCUT2D eigenvalue weighted by Gasteiger charge is 1.97. The molecular weight excluding hydrogens is 130 g/mol. The minimum absolute atomic E-state index is 0.0294. The molecule has 1 N–H and O–H groups in total. The average Bonchev–Trinajstić information content (AvgIpc) is 1.88. The lowest BCUT2D eigenvalue weighted by Crippen LogP contribution is -1.99. The summed E-state index contributed by atoms with van der Waals surface area (Å²) >= 11 is 0. The van der Waals surface area contributed by atoms with Crippen LogP contribution in [0.2, 0.25) is 0 Å². The van der Waals surface area contributed by atoms with Crippen LogP contribution in [0.5, 0.6) is 0 Å². The molecule has 0 aromatic carbocycles. The Balaban J connectivity index is 2.67. The highest BCUT2D eigenvalue weighted by Crippen LogP contribution is 1.95. The van der Waals surface area contributed by atoms with Crippen LogP contribution < -0.4 is 0 Å². The van der Waals surface area contributed by atoms with Crippen LogP contribution in [-0.4, -0.2) is 16.1 Å². The van der Waals surface area contributed by atoms with Crippen molar-refractivity contribution in [1.82, 2.24) is 4.98 Å². The van der Waals surface area contributed by atoms with Gasteiger partial charge in [0.2, 0.25) is 0 Å². The van der Waals surface area contributed by atoms with Crippen LogP contribution in [0.25, 0.3) is 0 Å². The van der Waals surface area contributed by atoms with E-state index in [1.54, 1.807) is 12.1 Å². The third-order valence-corrected chi connectivity index (χ3v) is 1.03. The fourth-order valence-corrected chi connectivity index (χ4v) is 0.630. The molecule has 0 bridgehead atoms. The molecule has 0 saturated carbocycles. The standard InChI is InChI=1S/C7H6NO2/c9-7(10)4-6-2-1-3-8-5-6/h1-2,5H,4H2,(H,9,10). The van der Waals surface area contributed by atoms with E-state index >= 15 is 0 Å². The molecule has 3 heteroatoms. The summed E-state index contributed by atoms with van der Waals surface area (Å²) in [6, 6.07) is 3.28. The summed E-state index contributed by atoms with van der Waals surface area (Å²) in [5.41, 5.74) is 0.700. The maximum atomic E-state index is 10.1. The molecule has 0 aliphatic heterocycles. The van der Waals surface area contributed by atoms with Gasteiger partial charge in [0.25, 0.3) is 0 Å². The Morgan fingerprint density at radius 2 is 2.60 bits per heavy atom. The molecule has 0 spiro atoms. The number of nitrogens with zero attached hydrogens (tertiary/aromatic N) is 1. The first-order chi connectivity index (χ1) is 4.79. The number of carboxylic acids is 1. The molecule has 10 heavy (non-hydrogen) atoms. The van der Waals surface area contributed by atoms with E-state index in [0.29, 0.717) is 5.56 Å². The summed E-state index contributed by atoms with van der Waals surface area (Å²) < 4.78 is 0. The lowest BCUT2D eigenvalue weighted by Gasteiger charge is -1.91. The van der Waals surface area contributed by atoms with E-state index in [1.807, 2.05) is 0 Å². The molecule has 1 heterocycles. The number of rotatable bonds is 2. The second-order valence-electron chi connectivity index (χ2n) is 1.87. The molecule has 0 amide bonds. The van der Waals surface area contributed by atoms with E-state index in [2.05, 4.69) is 11.2 Å². The van der Waals surface area contributed by atoms with Gasteiger partial charge < -0.3 is 5.11 Å². The summed E-state index contributed by atoms with van der Waals surface area (Å²) in [5.74, 6) is -0.840. The third kappa shape index (κ3) is 1.85. The van der Waals surface area contributed by atoms with Gasteiger partial charge in [0.1, 0.15) is 0 Å². The third-order valence-electron chi connectivity index (χ3n) is 1.03. The number of aromatic nitrogens is 1. The second kappa shape index (κ2) is 2.96. The van der Waals surface area contributed by atoms with Crippen molar-refractivity contribution in [2.75, 3.05) is 0 Å². The zero-order chi connectivity index (χ0) is 7.40. The average molecular weight is 136 g/mol. The lowest BCUT2D eigenvalue weighted by atomic mass is 10.2. The molecule has 0 atom stereocenters. The monoisotopic (exact) mass is 136 g/mol. The maximum Gasteiger partial charge on any atom is 0.307 e. The molecule has 0 unspecified atom stereocenters. The van der Waals surface area contributed by atoms with E-state index in [1.165, 1.54) is 6.20 Å². The molecule has 0 aliphatic rings. The molecule has 51 valence electrons. The predicted molar refractivity (Wildman–Crippen MR) is 34.4 cm³/mol. The van der Waals surface area contributed by atoms with Gasteiger partial charge in [-0.2, -0.15) is 0 Å². The van der Waals surface area contributed by atoms with Gasteiger partial charge in [0, 0.05) is 6.20 Å². The number of aliphatic carboxylic acids is 1. The lowest BCUT2D eigenvalue weighted by molar-refractivity contribution is -0.136. The van der Waals surface area contributed by atoms with Gasteiger partial charge >= 0.3 is 5.97 Å². The van der Waals surface area contributed by atoms with Gasteiger partial charge in [-0.25, -0.2) is 0 Å². The van der Waals surface area contributed by atoms with Crippen LogP contribution >= 0.6 is 0 Å². The Bertz CT molecular complexity index is 220. The van der Waals surface area contributed by atoms with Crippen LogP contribution in [0.3, 0.4) is 0 Å². The highest BCUT2D eigenvalue weighted by molar-refractivity contribution is 5.69. The fourth-order valence-electron chi connectivity index (χ4n) is 0.630. The quantitative estimate of drug-likeness (QED) is 0.644. The predicted octanol–water partition coefficient (Wildman–Crippen LogP) is 0.509. The molecule has 1 radical (unpaired) electrons. The van der Waals surface area contributed by atoms with Crippen molar-refractivity contribution >= 4 is 5.97 Å². The van der Waals surface area contributed by atoms with E-state index in [9.17, 15) is 4.79 Å². The van der Waals surface area contributed by atoms with Crippen molar-refractivity contribution in [3.8, 4) is 0 Å². The second-order valence-corrected chi connectivity index (χ2v) is 1.87. The van der Waals surface area contributed by atoms with Gasteiger partial charge in [-0.05, 0) is 11.6 Å².